The van der Waals surface area contributed by atoms with Gasteiger partial charge in [0.05, 0.1) is 0 Å². The molecule has 20 heavy (non-hydrogen) atoms. The van der Waals surface area contributed by atoms with Gasteiger partial charge in [0, 0.05) is 42.5 Å². The van der Waals surface area contributed by atoms with Crippen LogP contribution in [0.3, 0.4) is 0 Å². The number of hydrogen-bond donors (Lipinski definition) is 3. The van der Waals surface area contributed by atoms with Crippen LogP contribution in [0.2, 0.25) is 0 Å². The lowest BCUT2D eigenvalue weighted by Crippen LogP contribution is -2.32. The predicted octanol–water partition coefficient (Wildman–Crippen LogP) is 1.84. The van der Waals surface area contributed by atoms with Crippen LogP contribution >= 0.6 is 0 Å². The Morgan fingerprint density at radius 2 is 1.85 bits per heavy atom. The molecule has 110 valence electrons. The Labute approximate surface area is 117 Å². The largest absolute Gasteiger partial charge is 0.478 e. The molecule has 0 aromatic carbocycles. The van der Waals surface area contributed by atoms with E-state index < -0.39 is 11.9 Å². The van der Waals surface area contributed by atoms with Crippen molar-refractivity contribution in [1.82, 2.24) is 9.88 Å². The molecule has 0 fully saturated rings. The molecule has 0 spiro atoms. The third kappa shape index (κ3) is 4.24. The Bertz CT molecular complexity index is 491. The number of carbonyl (C=O) groups is 2. The van der Waals surface area contributed by atoms with Crippen molar-refractivity contribution in [3.8, 4) is 0 Å². The van der Waals surface area contributed by atoms with Crippen LogP contribution < -0.4 is 0 Å². The van der Waals surface area contributed by atoms with Gasteiger partial charge in [-0.25, -0.2) is 9.59 Å². The lowest BCUT2D eigenvalue weighted by molar-refractivity contribution is -0.134. The molecule has 6 heteroatoms. The highest BCUT2D eigenvalue weighted by atomic mass is 16.4. The topological polar surface area (TPSA) is 93.6 Å². The fourth-order valence-corrected chi connectivity index (χ4v) is 2.25. The van der Waals surface area contributed by atoms with Crippen LogP contribution in [0.1, 0.15) is 37.1 Å². The third-order valence-corrected chi connectivity index (χ3v) is 3.35. The summed E-state index contributed by atoms with van der Waals surface area (Å²) >= 11 is 0. The quantitative estimate of drug-likeness (QED) is 0.719. The van der Waals surface area contributed by atoms with Crippen molar-refractivity contribution in [1.29, 1.82) is 0 Å². The Morgan fingerprint density at radius 1 is 1.30 bits per heavy atom. The highest BCUT2D eigenvalue weighted by Gasteiger charge is 2.26. The molecule has 0 amide bonds. The monoisotopic (exact) mass is 280 g/mol. The van der Waals surface area contributed by atoms with E-state index in [4.69, 9.17) is 10.2 Å². The Kier molecular flexibility index (Phi) is 5.52. The number of aliphatic carboxylic acids is 2. The maximum absolute atomic E-state index is 9.55. The van der Waals surface area contributed by atoms with Gasteiger partial charge in [0.15, 0.2) is 0 Å². The lowest BCUT2D eigenvalue weighted by atomic mass is 9.94. The van der Waals surface area contributed by atoms with E-state index in [2.05, 4.69) is 43.0 Å². The number of aromatic amines is 1. The number of likely N-dealkylation sites (N-methyl/N-ethyl adjacent to an activating group) is 1. The van der Waals surface area contributed by atoms with Gasteiger partial charge in [0.2, 0.25) is 0 Å². The summed E-state index contributed by atoms with van der Waals surface area (Å²) in [6.07, 6.45) is 3.17. The molecular formula is C14H20N2O4. The van der Waals surface area contributed by atoms with Crippen molar-refractivity contribution < 1.29 is 19.8 Å². The molecule has 6 nitrogen and oxygen atoms in total. The third-order valence-electron chi connectivity index (χ3n) is 3.35. The molecule has 0 saturated carbocycles. The summed E-state index contributed by atoms with van der Waals surface area (Å²) in [7, 11) is 2.19. The Hall–Kier alpha value is -2.08. The normalized spacial score (nSPS) is 21.9. The molecule has 1 aromatic rings. The van der Waals surface area contributed by atoms with Crippen molar-refractivity contribution >= 4 is 11.9 Å². The number of nitrogens with zero attached hydrogens (tertiary/aromatic N) is 1. The van der Waals surface area contributed by atoms with Gasteiger partial charge in [0.1, 0.15) is 0 Å². The zero-order valence-corrected chi connectivity index (χ0v) is 11.8. The van der Waals surface area contributed by atoms with Crippen LogP contribution in [-0.2, 0) is 9.59 Å². The molecule has 0 radical (unpaired) electrons. The standard InChI is InChI=1S/C10H16N2.C4H4O4/c1-7-6-12(3)8(2)9-4-5-11-10(7)9;5-3(6)1-2-4(7)8/h4-5,7-8,11H,6H2,1-3H3;1-2H,(H,5,6)(H,7,8). The molecule has 3 N–H and O–H groups in total. The highest BCUT2D eigenvalue weighted by Crippen LogP contribution is 2.33. The van der Waals surface area contributed by atoms with E-state index in [0.29, 0.717) is 24.1 Å². The van der Waals surface area contributed by atoms with Crippen molar-refractivity contribution in [3.05, 3.63) is 35.7 Å². The summed E-state index contributed by atoms with van der Waals surface area (Å²) in [5, 5.41) is 15.6. The predicted molar refractivity (Wildman–Crippen MR) is 74.7 cm³/mol. The van der Waals surface area contributed by atoms with Crippen molar-refractivity contribution in [2.75, 3.05) is 13.6 Å². The second-order valence-corrected chi connectivity index (χ2v) is 4.87. The first-order valence-corrected chi connectivity index (χ1v) is 6.34. The SMILES string of the molecule is CC1CN(C)C(C)c2cc[nH]c21.O=C(O)C=CC(=O)O. The molecular weight excluding hydrogens is 260 g/mol. The van der Waals surface area contributed by atoms with Gasteiger partial charge < -0.3 is 15.2 Å². The van der Waals surface area contributed by atoms with E-state index in [1.165, 1.54) is 11.3 Å². The van der Waals surface area contributed by atoms with Gasteiger partial charge >= 0.3 is 11.9 Å². The van der Waals surface area contributed by atoms with Crippen LogP contribution in [0.5, 0.6) is 0 Å². The maximum atomic E-state index is 9.55. The van der Waals surface area contributed by atoms with E-state index in [1.54, 1.807) is 0 Å². The van der Waals surface area contributed by atoms with E-state index >= 15 is 0 Å². The highest BCUT2D eigenvalue weighted by molar-refractivity contribution is 5.89. The number of H-pyrrole nitrogens is 1. The van der Waals surface area contributed by atoms with Crippen LogP contribution in [0, 0.1) is 0 Å². The summed E-state index contributed by atoms with van der Waals surface area (Å²) in [5.74, 6) is -1.86. The minimum atomic E-state index is -1.26. The molecule has 0 aliphatic carbocycles. The van der Waals surface area contributed by atoms with Crippen molar-refractivity contribution in [2.45, 2.75) is 25.8 Å². The first kappa shape index (κ1) is 16.0. The number of fused-ring (bicyclic) bond motifs is 1. The zero-order valence-electron chi connectivity index (χ0n) is 11.8. The fourth-order valence-electron chi connectivity index (χ4n) is 2.25. The first-order valence-electron chi connectivity index (χ1n) is 6.34. The van der Waals surface area contributed by atoms with E-state index in [-0.39, 0.29) is 0 Å². The van der Waals surface area contributed by atoms with Crippen LogP contribution in [-0.4, -0.2) is 45.6 Å². The minimum Gasteiger partial charge on any atom is -0.478 e. The van der Waals surface area contributed by atoms with Gasteiger partial charge in [-0.05, 0) is 25.6 Å². The molecule has 2 atom stereocenters. The van der Waals surface area contributed by atoms with E-state index in [9.17, 15) is 9.59 Å². The summed E-state index contributed by atoms with van der Waals surface area (Å²) in [6, 6.07) is 2.77. The average molecular weight is 280 g/mol. The van der Waals surface area contributed by atoms with Gasteiger partial charge in [-0.15, -0.1) is 0 Å². The van der Waals surface area contributed by atoms with Crippen molar-refractivity contribution in [3.63, 3.8) is 0 Å². The molecule has 2 heterocycles. The van der Waals surface area contributed by atoms with Gasteiger partial charge in [-0.1, -0.05) is 6.92 Å². The summed E-state index contributed by atoms with van der Waals surface area (Å²) < 4.78 is 0. The Balaban J connectivity index is 0.000000221. The van der Waals surface area contributed by atoms with E-state index in [1.807, 2.05) is 0 Å². The fraction of sp³-hybridized carbons (Fsp3) is 0.429. The lowest BCUT2D eigenvalue weighted by Gasteiger charge is -2.33. The molecule has 1 aliphatic heterocycles. The second kappa shape index (κ2) is 6.91. The van der Waals surface area contributed by atoms with Gasteiger partial charge in [-0.3, -0.25) is 4.90 Å². The van der Waals surface area contributed by atoms with Gasteiger partial charge in [0.25, 0.3) is 0 Å². The number of carboxylic acid groups (broad SMARTS) is 2. The summed E-state index contributed by atoms with van der Waals surface area (Å²) in [4.78, 5) is 24.8. The molecule has 2 rings (SSSR count). The van der Waals surface area contributed by atoms with Crippen LogP contribution in [0.4, 0.5) is 0 Å². The first-order chi connectivity index (χ1) is 9.32. The summed E-state index contributed by atoms with van der Waals surface area (Å²) in [6.45, 7) is 5.70. The Morgan fingerprint density at radius 3 is 2.35 bits per heavy atom. The van der Waals surface area contributed by atoms with E-state index in [0.717, 1.165) is 6.54 Å². The maximum Gasteiger partial charge on any atom is 0.328 e. The number of carboxylic acids is 2. The molecule has 0 saturated heterocycles. The van der Waals surface area contributed by atoms with Gasteiger partial charge in [-0.2, -0.15) is 0 Å². The molecule has 1 aliphatic rings. The molecule has 2 unspecified atom stereocenters. The van der Waals surface area contributed by atoms with Crippen LogP contribution in [0.15, 0.2) is 24.4 Å². The number of nitrogens with one attached hydrogen (secondary N) is 1. The van der Waals surface area contributed by atoms with Crippen LogP contribution in [0.25, 0.3) is 0 Å². The number of aromatic nitrogens is 1. The van der Waals surface area contributed by atoms with Crippen molar-refractivity contribution in [2.24, 2.45) is 0 Å². The number of rotatable bonds is 2. The average Bonchev–Trinajstić information content (AvgIpc) is 2.84. The second-order valence-electron chi connectivity index (χ2n) is 4.87. The molecule has 1 aromatic heterocycles. The molecule has 0 bridgehead atoms. The minimum absolute atomic E-state index is 0.558. The summed E-state index contributed by atoms with van der Waals surface area (Å²) in [5.41, 5.74) is 2.90. The smallest absolute Gasteiger partial charge is 0.328 e. The zero-order chi connectivity index (χ0) is 15.3. The number of hydrogen-bond acceptors (Lipinski definition) is 3.